The number of carbonyl (C=O) groups excluding carboxylic acids is 1. The first-order chi connectivity index (χ1) is 8.77. The second-order valence-corrected chi connectivity index (χ2v) is 7.07. The van der Waals surface area contributed by atoms with Crippen LogP contribution in [-0.4, -0.2) is 47.9 Å². The summed E-state index contributed by atoms with van der Waals surface area (Å²) >= 11 is 0. The van der Waals surface area contributed by atoms with Gasteiger partial charge in [-0.25, -0.2) is 4.79 Å². The van der Waals surface area contributed by atoms with Gasteiger partial charge in [-0.05, 0) is 45.4 Å². The van der Waals surface area contributed by atoms with Gasteiger partial charge in [0.2, 0.25) is 0 Å². The van der Waals surface area contributed by atoms with E-state index in [1.165, 1.54) is 0 Å². The highest BCUT2D eigenvalue weighted by Gasteiger charge is 2.66. The Hall–Kier alpha value is -0.810. The number of amides is 1. The predicted molar refractivity (Wildman–Crippen MR) is 72.7 cm³/mol. The SMILES string of the molecule is CC(C)(C)OC(=O)N1CCC2(CC1)CC2(CN)CO. The summed E-state index contributed by atoms with van der Waals surface area (Å²) in [5, 5.41) is 9.52. The van der Waals surface area contributed by atoms with Crippen LogP contribution in [0.4, 0.5) is 4.79 Å². The maximum Gasteiger partial charge on any atom is 0.410 e. The van der Waals surface area contributed by atoms with Crippen molar-refractivity contribution in [2.24, 2.45) is 16.6 Å². The third-order valence-electron chi connectivity index (χ3n) is 4.74. The van der Waals surface area contributed by atoms with Gasteiger partial charge in [0.05, 0.1) is 6.61 Å². The molecular weight excluding hydrogens is 244 g/mol. The van der Waals surface area contributed by atoms with Crippen molar-refractivity contribution in [3.63, 3.8) is 0 Å². The van der Waals surface area contributed by atoms with Crippen LogP contribution in [-0.2, 0) is 4.74 Å². The molecule has 0 aromatic heterocycles. The van der Waals surface area contributed by atoms with Crippen LogP contribution in [0.1, 0.15) is 40.0 Å². The Morgan fingerprint density at radius 2 is 1.95 bits per heavy atom. The third-order valence-corrected chi connectivity index (χ3v) is 4.74. The van der Waals surface area contributed by atoms with Crippen LogP contribution < -0.4 is 5.73 Å². The number of likely N-dealkylation sites (tertiary alicyclic amines) is 1. The van der Waals surface area contributed by atoms with E-state index in [4.69, 9.17) is 10.5 Å². The fourth-order valence-corrected chi connectivity index (χ4v) is 3.33. The van der Waals surface area contributed by atoms with Crippen molar-refractivity contribution in [1.29, 1.82) is 0 Å². The Morgan fingerprint density at radius 3 is 2.32 bits per heavy atom. The van der Waals surface area contributed by atoms with Crippen LogP contribution in [0.25, 0.3) is 0 Å². The van der Waals surface area contributed by atoms with Crippen LogP contribution in [0.2, 0.25) is 0 Å². The van der Waals surface area contributed by atoms with Gasteiger partial charge in [-0.15, -0.1) is 0 Å². The number of aliphatic hydroxyl groups is 1. The van der Waals surface area contributed by atoms with Crippen molar-refractivity contribution in [2.45, 2.75) is 45.6 Å². The number of carbonyl (C=O) groups is 1. The summed E-state index contributed by atoms with van der Waals surface area (Å²) in [6.45, 7) is 7.74. The van der Waals surface area contributed by atoms with Crippen LogP contribution in [0.15, 0.2) is 0 Å². The molecule has 1 unspecified atom stereocenters. The largest absolute Gasteiger partial charge is 0.444 e. The van der Waals surface area contributed by atoms with E-state index in [2.05, 4.69) is 0 Å². The molecule has 2 fully saturated rings. The van der Waals surface area contributed by atoms with Crippen molar-refractivity contribution in [2.75, 3.05) is 26.2 Å². The molecule has 3 N–H and O–H groups in total. The molecule has 2 rings (SSSR count). The second kappa shape index (κ2) is 4.63. The highest BCUT2D eigenvalue weighted by molar-refractivity contribution is 5.68. The van der Waals surface area contributed by atoms with Gasteiger partial charge in [-0.2, -0.15) is 0 Å². The lowest BCUT2D eigenvalue weighted by Crippen LogP contribution is -2.44. The Kier molecular flexibility index (Phi) is 3.56. The van der Waals surface area contributed by atoms with E-state index in [1.54, 1.807) is 4.90 Å². The molecule has 5 nitrogen and oxygen atoms in total. The van der Waals surface area contributed by atoms with Crippen molar-refractivity contribution < 1.29 is 14.6 Å². The summed E-state index contributed by atoms with van der Waals surface area (Å²) in [4.78, 5) is 13.7. The predicted octanol–water partition coefficient (Wildman–Crippen LogP) is 1.34. The molecule has 1 saturated heterocycles. The maximum atomic E-state index is 12.0. The Morgan fingerprint density at radius 1 is 1.37 bits per heavy atom. The number of rotatable bonds is 2. The minimum Gasteiger partial charge on any atom is -0.444 e. The summed E-state index contributed by atoms with van der Waals surface area (Å²) in [5.41, 5.74) is 5.42. The van der Waals surface area contributed by atoms with Crippen molar-refractivity contribution in [1.82, 2.24) is 4.90 Å². The molecule has 2 aliphatic rings. The molecule has 1 aliphatic heterocycles. The van der Waals surface area contributed by atoms with Gasteiger partial charge in [-0.1, -0.05) is 0 Å². The smallest absolute Gasteiger partial charge is 0.410 e. The minimum absolute atomic E-state index is 0.0903. The Bertz CT molecular complexity index is 350. The van der Waals surface area contributed by atoms with Crippen LogP contribution in [0, 0.1) is 10.8 Å². The van der Waals surface area contributed by atoms with Crippen molar-refractivity contribution >= 4 is 6.09 Å². The van der Waals surface area contributed by atoms with E-state index in [9.17, 15) is 9.90 Å². The summed E-state index contributed by atoms with van der Waals surface area (Å²) in [7, 11) is 0. The van der Waals surface area contributed by atoms with Crippen molar-refractivity contribution in [3.05, 3.63) is 0 Å². The highest BCUT2D eigenvalue weighted by atomic mass is 16.6. The van der Waals surface area contributed by atoms with Crippen molar-refractivity contribution in [3.8, 4) is 0 Å². The summed E-state index contributed by atoms with van der Waals surface area (Å²) < 4.78 is 5.38. The zero-order valence-electron chi connectivity index (χ0n) is 12.2. The molecular formula is C14H26N2O3. The molecule has 0 aromatic rings. The lowest BCUT2D eigenvalue weighted by Gasteiger charge is -2.36. The van der Waals surface area contributed by atoms with Gasteiger partial charge in [0.15, 0.2) is 0 Å². The number of aliphatic hydroxyl groups excluding tert-OH is 1. The zero-order valence-corrected chi connectivity index (χ0v) is 12.2. The van der Waals surface area contributed by atoms with Gasteiger partial charge in [0, 0.05) is 25.0 Å². The molecule has 1 saturated carbocycles. The number of nitrogens with zero attached hydrogens (tertiary/aromatic N) is 1. The van der Waals surface area contributed by atoms with Crippen LogP contribution >= 0.6 is 0 Å². The minimum atomic E-state index is -0.447. The summed E-state index contributed by atoms with van der Waals surface area (Å²) in [6.07, 6.45) is 2.61. The quantitative estimate of drug-likeness (QED) is 0.794. The zero-order chi connectivity index (χ0) is 14.3. The first-order valence-corrected chi connectivity index (χ1v) is 7.06. The van der Waals surface area contributed by atoms with E-state index < -0.39 is 5.60 Å². The maximum absolute atomic E-state index is 12.0. The van der Waals surface area contributed by atoms with E-state index in [-0.39, 0.29) is 23.5 Å². The third kappa shape index (κ3) is 2.58. The molecule has 0 radical (unpaired) electrons. The standard InChI is InChI=1S/C14H26N2O3/c1-12(2,3)19-11(18)16-6-4-13(5-7-16)8-14(13,9-15)10-17/h17H,4-10,15H2,1-3H3. The average molecular weight is 270 g/mol. The normalized spacial score (nSPS) is 29.4. The number of piperidine rings is 1. The molecule has 1 spiro atoms. The summed E-state index contributed by atoms with van der Waals surface area (Å²) in [6, 6.07) is 0. The summed E-state index contributed by atoms with van der Waals surface area (Å²) in [5.74, 6) is 0. The highest BCUT2D eigenvalue weighted by Crippen LogP contribution is 2.68. The topological polar surface area (TPSA) is 75.8 Å². The molecule has 110 valence electrons. The molecule has 19 heavy (non-hydrogen) atoms. The molecule has 1 amide bonds. The number of hydrogen-bond donors (Lipinski definition) is 2. The lowest BCUT2D eigenvalue weighted by atomic mass is 9.84. The Labute approximate surface area is 115 Å². The molecule has 1 atom stereocenters. The van der Waals surface area contributed by atoms with Gasteiger partial charge in [-0.3, -0.25) is 0 Å². The van der Waals surface area contributed by atoms with Crippen LogP contribution in [0.5, 0.6) is 0 Å². The van der Waals surface area contributed by atoms with E-state index in [0.29, 0.717) is 19.6 Å². The van der Waals surface area contributed by atoms with Gasteiger partial charge in [0.25, 0.3) is 0 Å². The lowest BCUT2D eigenvalue weighted by molar-refractivity contribution is 0.0138. The molecule has 1 heterocycles. The van der Waals surface area contributed by atoms with Crippen LogP contribution in [0.3, 0.4) is 0 Å². The number of nitrogens with two attached hydrogens (primary N) is 1. The van der Waals surface area contributed by atoms with E-state index in [1.807, 2.05) is 20.8 Å². The molecule has 0 bridgehead atoms. The van der Waals surface area contributed by atoms with Gasteiger partial charge < -0.3 is 20.5 Å². The second-order valence-electron chi connectivity index (χ2n) is 7.07. The number of hydrogen-bond acceptors (Lipinski definition) is 4. The fourth-order valence-electron chi connectivity index (χ4n) is 3.33. The monoisotopic (exact) mass is 270 g/mol. The Balaban J connectivity index is 1.89. The van der Waals surface area contributed by atoms with E-state index in [0.717, 1.165) is 19.3 Å². The van der Waals surface area contributed by atoms with E-state index >= 15 is 0 Å². The fraction of sp³-hybridized carbons (Fsp3) is 0.929. The molecule has 0 aromatic carbocycles. The molecule has 5 heteroatoms. The first kappa shape index (κ1) is 14.6. The molecule has 1 aliphatic carbocycles. The van der Waals surface area contributed by atoms with Gasteiger partial charge >= 0.3 is 6.09 Å². The average Bonchev–Trinajstić information content (AvgIpc) is 2.96. The van der Waals surface area contributed by atoms with Gasteiger partial charge in [0.1, 0.15) is 5.60 Å². The first-order valence-electron chi connectivity index (χ1n) is 7.06. The number of ether oxygens (including phenoxy) is 1.